The molecule has 1 aromatic carbocycles. The standard InChI is InChI=1S/C20H30N4/c1-20(2,3)15-8-11-24(14-15)16-9-12-23(13-10-16)19-21-17-6-4-5-7-18(17)22-19/h4-7,15-16H,8-14H2,1-3H3,(H,21,22). The molecule has 1 unspecified atom stereocenters. The molecule has 2 aliphatic rings. The normalized spacial score (nSPS) is 24.1. The molecule has 1 N–H and O–H groups in total. The maximum Gasteiger partial charge on any atom is 0.203 e. The number of piperidine rings is 1. The molecule has 2 saturated heterocycles. The van der Waals surface area contributed by atoms with Gasteiger partial charge in [0.15, 0.2) is 0 Å². The van der Waals surface area contributed by atoms with Crippen molar-refractivity contribution in [3.8, 4) is 0 Å². The quantitative estimate of drug-likeness (QED) is 0.909. The number of para-hydroxylation sites is 2. The molecule has 4 nitrogen and oxygen atoms in total. The van der Waals surface area contributed by atoms with Crippen molar-refractivity contribution in [2.75, 3.05) is 31.1 Å². The molecule has 0 amide bonds. The second kappa shape index (κ2) is 6.07. The number of imidazole rings is 1. The van der Waals surface area contributed by atoms with Crippen LogP contribution in [-0.4, -0.2) is 47.1 Å². The number of hydrogen-bond acceptors (Lipinski definition) is 3. The molecular formula is C20H30N4. The Morgan fingerprint density at radius 1 is 1.04 bits per heavy atom. The molecule has 0 spiro atoms. The molecule has 4 heteroatoms. The van der Waals surface area contributed by atoms with Crippen molar-refractivity contribution in [2.24, 2.45) is 11.3 Å². The number of hydrogen-bond donors (Lipinski definition) is 1. The van der Waals surface area contributed by atoms with Crippen LogP contribution in [0.15, 0.2) is 24.3 Å². The summed E-state index contributed by atoms with van der Waals surface area (Å²) in [5, 5.41) is 0. The first-order valence-electron chi connectivity index (χ1n) is 9.44. The zero-order valence-electron chi connectivity index (χ0n) is 15.3. The van der Waals surface area contributed by atoms with Crippen molar-refractivity contribution < 1.29 is 0 Å². The van der Waals surface area contributed by atoms with E-state index < -0.39 is 0 Å². The maximum absolute atomic E-state index is 4.76. The summed E-state index contributed by atoms with van der Waals surface area (Å²) in [6.45, 7) is 12.0. The van der Waals surface area contributed by atoms with Gasteiger partial charge in [-0.1, -0.05) is 32.9 Å². The van der Waals surface area contributed by atoms with Gasteiger partial charge in [0.1, 0.15) is 0 Å². The highest BCUT2D eigenvalue weighted by atomic mass is 15.3. The molecule has 0 bridgehead atoms. The molecule has 3 heterocycles. The van der Waals surface area contributed by atoms with Crippen LogP contribution in [0.4, 0.5) is 5.95 Å². The van der Waals surface area contributed by atoms with E-state index in [2.05, 4.69) is 59.8 Å². The van der Waals surface area contributed by atoms with E-state index in [4.69, 9.17) is 4.98 Å². The Morgan fingerprint density at radius 2 is 1.79 bits per heavy atom. The molecule has 24 heavy (non-hydrogen) atoms. The largest absolute Gasteiger partial charge is 0.342 e. The van der Waals surface area contributed by atoms with E-state index in [0.29, 0.717) is 5.41 Å². The summed E-state index contributed by atoms with van der Waals surface area (Å²) in [6, 6.07) is 9.07. The first-order chi connectivity index (χ1) is 11.5. The second-order valence-electron chi connectivity index (χ2n) is 8.64. The van der Waals surface area contributed by atoms with Crippen LogP contribution in [-0.2, 0) is 0 Å². The van der Waals surface area contributed by atoms with E-state index >= 15 is 0 Å². The Kier molecular flexibility index (Phi) is 4.03. The van der Waals surface area contributed by atoms with Crippen LogP contribution in [0.3, 0.4) is 0 Å². The zero-order chi connectivity index (χ0) is 16.7. The predicted molar refractivity (Wildman–Crippen MR) is 100 cm³/mol. The number of H-pyrrole nitrogens is 1. The molecule has 1 atom stereocenters. The van der Waals surface area contributed by atoms with Gasteiger partial charge in [-0.2, -0.15) is 0 Å². The maximum atomic E-state index is 4.76. The molecule has 2 aliphatic heterocycles. The summed E-state index contributed by atoms with van der Waals surface area (Å²) in [4.78, 5) is 13.4. The molecule has 2 aromatic rings. The van der Waals surface area contributed by atoms with Gasteiger partial charge in [0.25, 0.3) is 0 Å². The fourth-order valence-corrected chi connectivity index (χ4v) is 4.36. The lowest BCUT2D eigenvalue weighted by molar-refractivity contribution is 0.174. The van der Waals surface area contributed by atoms with Crippen molar-refractivity contribution >= 4 is 17.0 Å². The van der Waals surface area contributed by atoms with Gasteiger partial charge >= 0.3 is 0 Å². The van der Waals surface area contributed by atoms with E-state index in [0.717, 1.165) is 42.0 Å². The first kappa shape index (κ1) is 15.9. The minimum Gasteiger partial charge on any atom is -0.342 e. The predicted octanol–water partition coefficient (Wildman–Crippen LogP) is 3.90. The van der Waals surface area contributed by atoms with Gasteiger partial charge in [0, 0.05) is 25.7 Å². The molecule has 1 aromatic heterocycles. The third-order valence-electron chi connectivity index (χ3n) is 6.10. The highest BCUT2D eigenvalue weighted by Gasteiger charge is 2.35. The van der Waals surface area contributed by atoms with Crippen LogP contribution in [0.1, 0.15) is 40.0 Å². The highest BCUT2D eigenvalue weighted by molar-refractivity contribution is 5.77. The average molecular weight is 326 g/mol. The summed E-state index contributed by atoms with van der Waals surface area (Å²) >= 11 is 0. The topological polar surface area (TPSA) is 35.2 Å². The number of rotatable bonds is 2. The van der Waals surface area contributed by atoms with Gasteiger partial charge in [0.05, 0.1) is 11.0 Å². The lowest BCUT2D eigenvalue weighted by Gasteiger charge is -2.37. The van der Waals surface area contributed by atoms with Crippen molar-refractivity contribution in [3.05, 3.63) is 24.3 Å². The number of fused-ring (bicyclic) bond motifs is 1. The summed E-state index contributed by atoms with van der Waals surface area (Å²) < 4.78 is 0. The van der Waals surface area contributed by atoms with Gasteiger partial charge in [0.2, 0.25) is 5.95 Å². The lowest BCUT2D eigenvalue weighted by atomic mass is 9.80. The van der Waals surface area contributed by atoms with Crippen molar-refractivity contribution in [2.45, 2.75) is 46.1 Å². The summed E-state index contributed by atoms with van der Waals surface area (Å²) in [7, 11) is 0. The van der Waals surface area contributed by atoms with E-state index in [-0.39, 0.29) is 0 Å². The fourth-order valence-electron chi connectivity index (χ4n) is 4.36. The fraction of sp³-hybridized carbons (Fsp3) is 0.650. The van der Waals surface area contributed by atoms with Crippen molar-refractivity contribution in [1.29, 1.82) is 0 Å². The second-order valence-corrected chi connectivity index (χ2v) is 8.64. The number of aromatic nitrogens is 2. The number of anilines is 1. The summed E-state index contributed by atoms with van der Waals surface area (Å²) in [5.74, 6) is 1.90. The minimum absolute atomic E-state index is 0.448. The molecular weight excluding hydrogens is 296 g/mol. The molecule has 0 aliphatic carbocycles. The number of aromatic amines is 1. The molecule has 4 rings (SSSR count). The van der Waals surface area contributed by atoms with Gasteiger partial charge in [-0.15, -0.1) is 0 Å². The van der Waals surface area contributed by atoms with Crippen LogP contribution >= 0.6 is 0 Å². The molecule has 130 valence electrons. The van der Waals surface area contributed by atoms with Crippen LogP contribution in [0.25, 0.3) is 11.0 Å². The molecule has 0 radical (unpaired) electrons. The SMILES string of the molecule is CC(C)(C)C1CCN(C2CCN(c3nc4ccccc4[nH]3)CC2)C1. The van der Waals surface area contributed by atoms with Gasteiger partial charge in [-0.3, -0.25) is 4.90 Å². The third-order valence-corrected chi connectivity index (χ3v) is 6.10. The Hall–Kier alpha value is -1.55. The number of nitrogens with zero attached hydrogens (tertiary/aromatic N) is 3. The monoisotopic (exact) mass is 326 g/mol. The van der Waals surface area contributed by atoms with Crippen LogP contribution in [0.2, 0.25) is 0 Å². The van der Waals surface area contributed by atoms with Crippen LogP contribution in [0.5, 0.6) is 0 Å². The smallest absolute Gasteiger partial charge is 0.203 e. The average Bonchev–Trinajstić information content (AvgIpc) is 3.21. The van der Waals surface area contributed by atoms with E-state index in [1.807, 2.05) is 0 Å². The van der Waals surface area contributed by atoms with Crippen molar-refractivity contribution in [3.63, 3.8) is 0 Å². The Morgan fingerprint density at radius 3 is 2.46 bits per heavy atom. The molecule has 0 saturated carbocycles. The van der Waals surface area contributed by atoms with Gasteiger partial charge in [-0.25, -0.2) is 4.98 Å². The van der Waals surface area contributed by atoms with E-state index in [1.54, 1.807) is 0 Å². The highest BCUT2D eigenvalue weighted by Crippen LogP contribution is 2.35. The van der Waals surface area contributed by atoms with Crippen LogP contribution in [0, 0.1) is 11.3 Å². The van der Waals surface area contributed by atoms with Crippen molar-refractivity contribution in [1.82, 2.24) is 14.9 Å². The number of benzene rings is 1. The first-order valence-corrected chi connectivity index (χ1v) is 9.44. The third kappa shape index (κ3) is 3.04. The van der Waals surface area contributed by atoms with Gasteiger partial charge in [-0.05, 0) is 49.3 Å². The zero-order valence-corrected chi connectivity index (χ0v) is 15.3. The summed E-state index contributed by atoms with van der Waals surface area (Å²) in [5.41, 5.74) is 2.66. The Balaban J connectivity index is 1.37. The minimum atomic E-state index is 0.448. The Bertz CT molecular complexity index is 658. The number of nitrogens with one attached hydrogen (secondary N) is 1. The van der Waals surface area contributed by atoms with Crippen LogP contribution < -0.4 is 4.90 Å². The number of likely N-dealkylation sites (tertiary alicyclic amines) is 1. The Labute approximate surface area is 145 Å². The van der Waals surface area contributed by atoms with Gasteiger partial charge < -0.3 is 9.88 Å². The summed E-state index contributed by atoms with van der Waals surface area (Å²) in [6.07, 6.45) is 3.88. The van der Waals surface area contributed by atoms with E-state index in [1.165, 1.54) is 32.4 Å². The molecule has 2 fully saturated rings. The lowest BCUT2D eigenvalue weighted by Crippen LogP contribution is -2.44. The van der Waals surface area contributed by atoms with E-state index in [9.17, 15) is 0 Å².